The zero-order chi connectivity index (χ0) is 33.0. The summed E-state index contributed by atoms with van der Waals surface area (Å²) in [6, 6.07) is 16.7. The van der Waals surface area contributed by atoms with Crippen molar-refractivity contribution in [2.45, 2.75) is 59.9 Å². The van der Waals surface area contributed by atoms with Crippen molar-refractivity contribution >= 4 is 24.1 Å². The average Bonchev–Trinajstić information content (AvgIpc) is 3.14. The molecule has 0 saturated carbocycles. The highest BCUT2D eigenvalue weighted by molar-refractivity contribution is 6.01. The van der Waals surface area contributed by atoms with E-state index in [2.05, 4.69) is 32.0 Å². The quantitative estimate of drug-likeness (QED) is 0.188. The molecule has 0 radical (unpaired) electrons. The summed E-state index contributed by atoms with van der Waals surface area (Å²) in [5.41, 5.74) is 4.69. The van der Waals surface area contributed by atoms with Gasteiger partial charge in [-0.25, -0.2) is 4.39 Å². The lowest BCUT2D eigenvalue weighted by atomic mass is 9.83. The van der Waals surface area contributed by atoms with Crippen LogP contribution in [0.5, 0.6) is 11.5 Å². The Labute approximate surface area is 260 Å². The molecule has 8 heteroatoms. The summed E-state index contributed by atoms with van der Waals surface area (Å²) in [4.78, 5) is 23.9. The Bertz CT molecular complexity index is 1510. The highest BCUT2D eigenvalue weighted by Crippen LogP contribution is 2.48. The largest absolute Gasteiger partial charge is 0.506 e. The number of para-hydroxylation sites is 1. The van der Waals surface area contributed by atoms with Crippen LogP contribution < -0.4 is 15.0 Å². The Kier molecular flexibility index (Phi) is 13.2. The van der Waals surface area contributed by atoms with E-state index in [-0.39, 0.29) is 30.1 Å². The first kappa shape index (κ1) is 35.6. The number of carbonyl (C=O) groups is 2. The van der Waals surface area contributed by atoms with Crippen molar-refractivity contribution in [3.63, 3.8) is 0 Å². The number of allylic oxidation sites excluding steroid dienone is 1. The van der Waals surface area contributed by atoms with Gasteiger partial charge < -0.3 is 25.1 Å². The molecule has 0 aromatic heterocycles. The number of ether oxygens (including phenoxy) is 1. The summed E-state index contributed by atoms with van der Waals surface area (Å²) in [7, 11) is 1.00. The Morgan fingerprint density at radius 3 is 2.41 bits per heavy atom. The number of hydrogen-bond donors (Lipinski definition) is 3. The monoisotopic (exact) mass is 602 g/mol. The zero-order valence-electron chi connectivity index (χ0n) is 26.4. The number of phenols is 1. The number of aliphatic hydroxyl groups is 1. The molecule has 0 bridgehead atoms. The van der Waals surface area contributed by atoms with Gasteiger partial charge in [0.15, 0.2) is 0 Å². The van der Waals surface area contributed by atoms with E-state index in [1.165, 1.54) is 6.07 Å². The highest BCUT2D eigenvalue weighted by atomic mass is 19.1. The SMILES string of the molecule is C#CCOc1ccc(C2C(C)=C(CC(C)(C)CC)Nc3c(O)cccc3N2C(=O)Cc2ccccc2C)c(F)c1.C=O.CO. The molecule has 1 atom stereocenters. The van der Waals surface area contributed by atoms with Gasteiger partial charge in [-0.05, 0) is 66.6 Å². The predicted octanol–water partition coefficient (Wildman–Crippen LogP) is 7.12. The summed E-state index contributed by atoms with van der Waals surface area (Å²) >= 11 is 0. The van der Waals surface area contributed by atoms with Crippen LogP contribution >= 0.6 is 0 Å². The number of fused-ring (bicyclic) bond motifs is 1. The lowest BCUT2D eigenvalue weighted by Crippen LogP contribution is -2.37. The maximum absolute atomic E-state index is 15.9. The second kappa shape index (κ2) is 16.3. The van der Waals surface area contributed by atoms with Gasteiger partial charge >= 0.3 is 0 Å². The summed E-state index contributed by atoms with van der Waals surface area (Å²) in [6.07, 6.45) is 6.98. The molecular weight excluding hydrogens is 559 g/mol. The molecule has 1 aliphatic heterocycles. The molecule has 3 aromatic rings. The first-order valence-electron chi connectivity index (χ1n) is 14.3. The molecule has 234 valence electrons. The van der Waals surface area contributed by atoms with Gasteiger partial charge in [0.05, 0.1) is 18.2 Å². The fourth-order valence-electron chi connectivity index (χ4n) is 5.04. The molecule has 1 aliphatic rings. The van der Waals surface area contributed by atoms with Crippen molar-refractivity contribution in [1.82, 2.24) is 0 Å². The second-order valence-electron chi connectivity index (χ2n) is 11.1. The molecule has 1 heterocycles. The Balaban J connectivity index is 0.00000162. The number of hydrogen-bond acceptors (Lipinski definition) is 6. The molecule has 3 aromatic carbocycles. The average molecular weight is 603 g/mol. The Hall–Kier alpha value is -4.61. The number of phenolic OH excluding ortho intramolecular Hbond substituents is 1. The third-order valence-electron chi connectivity index (χ3n) is 7.77. The summed E-state index contributed by atoms with van der Waals surface area (Å²) in [5, 5.41) is 21.4. The lowest BCUT2D eigenvalue weighted by molar-refractivity contribution is -0.118. The topological polar surface area (TPSA) is 99.1 Å². The van der Waals surface area contributed by atoms with Crippen molar-refractivity contribution in [2.75, 3.05) is 23.9 Å². The number of carbonyl (C=O) groups excluding carboxylic acids is 2. The molecule has 1 amide bonds. The first-order chi connectivity index (χ1) is 21.1. The van der Waals surface area contributed by atoms with Crippen molar-refractivity contribution in [3.05, 3.63) is 94.4 Å². The van der Waals surface area contributed by atoms with E-state index in [9.17, 15) is 9.90 Å². The van der Waals surface area contributed by atoms with E-state index in [4.69, 9.17) is 21.1 Å². The predicted molar refractivity (Wildman–Crippen MR) is 174 cm³/mol. The number of anilines is 2. The van der Waals surface area contributed by atoms with Gasteiger partial charge in [0.2, 0.25) is 5.91 Å². The molecule has 7 nitrogen and oxygen atoms in total. The van der Waals surface area contributed by atoms with E-state index in [1.807, 2.05) is 44.9 Å². The fourth-order valence-corrected chi connectivity index (χ4v) is 5.04. The van der Waals surface area contributed by atoms with Gasteiger partial charge in [0, 0.05) is 24.4 Å². The van der Waals surface area contributed by atoms with Crippen LogP contribution in [0, 0.1) is 30.5 Å². The molecule has 0 spiro atoms. The van der Waals surface area contributed by atoms with Crippen LogP contribution in [0.4, 0.5) is 15.8 Å². The maximum Gasteiger partial charge on any atom is 0.232 e. The number of aliphatic hydroxyl groups excluding tert-OH is 1. The zero-order valence-corrected chi connectivity index (χ0v) is 26.4. The van der Waals surface area contributed by atoms with E-state index in [0.29, 0.717) is 29.1 Å². The molecule has 0 aliphatic carbocycles. The molecule has 4 rings (SSSR count). The van der Waals surface area contributed by atoms with Crippen LogP contribution in [0.2, 0.25) is 0 Å². The normalized spacial score (nSPS) is 14.0. The highest BCUT2D eigenvalue weighted by Gasteiger charge is 2.37. The smallest absolute Gasteiger partial charge is 0.232 e. The molecule has 0 saturated heterocycles. The van der Waals surface area contributed by atoms with Gasteiger partial charge in [-0.15, -0.1) is 6.42 Å². The number of nitrogens with one attached hydrogen (secondary N) is 1. The number of amides is 1. The minimum absolute atomic E-state index is 0.0185. The summed E-state index contributed by atoms with van der Waals surface area (Å²) in [6.45, 7) is 12.4. The molecule has 1 unspecified atom stereocenters. The standard InChI is InChI=1S/C34H37FN2O3.CH4O.CH2O/c1-7-18-40-25-16-17-26(27(35)20-25)33-23(4)28(21-34(5,6)8-2)36-32-29(14-11-15-30(32)38)37(33)31(39)19-24-13-10-9-12-22(24)3;2*1-2/h1,9-17,20,33,36,38H,8,18-19,21H2,2-6H3;2H,1H3;1H2. The van der Waals surface area contributed by atoms with Crippen molar-refractivity contribution in [2.24, 2.45) is 5.41 Å². The minimum Gasteiger partial charge on any atom is -0.506 e. The number of rotatable bonds is 8. The van der Waals surface area contributed by atoms with Gasteiger partial charge in [-0.3, -0.25) is 9.69 Å². The van der Waals surface area contributed by atoms with Crippen molar-refractivity contribution in [3.8, 4) is 23.8 Å². The van der Waals surface area contributed by atoms with E-state index >= 15 is 4.39 Å². The van der Waals surface area contributed by atoms with Crippen LogP contribution in [-0.2, 0) is 16.0 Å². The molecular formula is C36H43FN2O5. The van der Waals surface area contributed by atoms with Crippen LogP contribution in [0.1, 0.15) is 63.3 Å². The Morgan fingerprint density at radius 1 is 1.11 bits per heavy atom. The van der Waals surface area contributed by atoms with Gasteiger partial charge in [0.1, 0.15) is 36.4 Å². The van der Waals surface area contributed by atoms with E-state index in [1.54, 1.807) is 35.2 Å². The number of aryl methyl sites for hydroxylation is 1. The Morgan fingerprint density at radius 2 is 1.80 bits per heavy atom. The lowest BCUT2D eigenvalue weighted by Gasteiger charge is -2.33. The number of terminal acetylenes is 1. The van der Waals surface area contributed by atoms with Crippen molar-refractivity contribution < 1.29 is 28.9 Å². The van der Waals surface area contributed by atoms with Gasteiger partial charge in [0.25, 0.3) is 0 Å². The van der Waals surface area contributed by atoms with Crippen molar-refractivity contribution in [1.29, 1.82) is 0 Å². The molecule has 44 heavy (non-hydrogen) atoms. The number of nitrogens with zero attached hydrogens (tertiary/aromatic N) is 1. The summed E-state index contributed by atoms with van der Waals surface area (Å²) in [5.74, 6) is 2.00. The first-order valence-corrected chi connectivity index (χ1v) is 14.3. The molecule has 0 fully saturated rings. The third kappa shape index (κ3) is 8.27. The van der Waals surface area contributed by atoms with E-state index < -0.39 is 11.9 Å². The summed E-state index contributed by atoms with van der Waals surface area (Å²) < 4.78 is 21.4. The maximum atomic E-state index is 15.9. The number of benzene rings is 3. The second-order valence-corrected chi connectivity index (χ2v) is 11.1. The van der Waals surface area contributed by atoms with Crippen LogP contribution in [0.15, 0.2) is 71.9 Å². The van der Waals surface area contributed by atoms with E-state index in [0.717, 1.165) is 35.9 Å². The van der Waals surface area contributed by atoms with Crippen LogP contribution in [0.25, 0.3) is 0 Å². The van der Waals surface area contributed by atoms with Crippen LogP contribution in [-0.4, -0.2) is 36.6 Å². The third-order valence-corrected chi connectivity index (χ3v) is 7.77. The number of halogens is 1. The van der Waals surface area contributed by atoms with Gasteiger partial charge in [-0.1, -0.05) is 63.4 Å². The van der Waals surface area contributed by atoms with Crippen LogP contribution in [0.3, 0.4) is 0 Å². The molecule has 3 N–H and O–H groups in total. The fraction of sp³-hybridized carbons (Fsp3) is 0.333. The minimum atomic E-state index is -0.767. The number of aromatic hydroxyl groups is 1. The van der Waals surface area contributed by atoms with Gasteiger partial charge in [-0.2, -0.15) is 0 Å².